The minimum Gasteiger partial charge on any atom is -0.507 e. The van der Waals surface area contributed by atoms with Gasteiger partial charge in [0.2, 0.25) is 5.43 Å². The first-order valence-electron chi connectivity index (χ1n) is 7.61. The zero-order chi connectivity index (χ0) is 17.3. The van der Waals surface area contributed by atoms with Crippen molar-refractivity contribution in [3.63, 3.8) is 0 Å². The van der Waals surface area contributed by atoms with E-state index in [0.29, 0.717) is 28.6 Å². The molecule has 0 aliphatic heterocycles. The fourth-order valence-corrected chi connectivity index (χ4v) is 2.95. The van der Waals surface area contributed by atoms with Crippen LogP contribution >= 0.6 is 15.9 Å². The number of aromatic nitrogens is 1. The van der Waals surface area contributed by atoms with Crippen LogP contribution in [0.3, 0.4) is 0 Å². The average Bonchev–Trinajstić information content (AvgIpc) is 2.59. The Morgan fingerprint density at radius 3 is 2.79 bits per heavy atom. The van der Waals surface area contributed by atoms with Crippen molar-refractivity contribution >= 4 is 37.7 Å². The molecule has 0 saturated heterocycles. The number of hydrogen-bond donors (Lipinski definition) is 1. The highest BCUT2D eigenvalue weighted by molar-refractivity contribution is 9.09. The van der Waals surface area contributed by atoms with Crippen molar-refractivity contribution in [2.45, 2.75) is 6.92 Å². The number of rotatable bonds is 4. The summed E-state index contributed by atoms with van der Waals surface area (Å²) < 4.78 is 7.60. The molecule has 3 aromatic rings. The zero-order valence-corrected chi connectivity index (χ0v) is 15.1. The molecule has 1 heterocycles. The molecule has 0 radical (unpaired) electrons. The molecule has 0 bridgehead atoms. The fraction of sp³-hybridized carbons (Fsp3) is 0.211. The molecule has 0 saturated carbocycles. The van der Waals surface area contributed by atoms with Crippen LogP contribution < -0.4 is 10.2 Å². The first-order chi connectivity index (χ1) is 11.5. The minimum atomic E-state index is -0.169. The summed E-state index contributed by atoms with van der Waals surface area (Å²) in [6.45, 7) is 2.41. The number of pyridine rings is 1. The third-order valence-corrected chi connectivity index (χ3v) is 4.95. The largest absolute Gasteiger partial charge is 0.507 e. The predicted molar refractivity (Wildman–Crippen MR) is 101 cm³/mol. The quantitative estimate of drug-likeness (QED) is 0.416. The van der Waals surface area contributed by atoms with Gasteiger partial charge >= 0.3 is 0 Å². The molecule has 1 aromatic heterocycles. The second-order valence-corrected chi connectivity index (χ2v) is 6.30. The van der Waals surface area contributed by atoms with Gasteiger partial charge in [-0.3, -0.25) is 4.79 Å². The average molecular weight is 388 g/mol. The number of alkyl halides is 1. The first-order valence-corrected chi connectivity index (χ1v) is 8.74. The standard InChI is InChI=1S/C19H18BrNO3/c1-12(11-20)7-8-24-13-9-16-18(17(22)10-13)19(23)14-5-3-4-6-15(14)21(16)2/h3-7,9-10,22H,8,11H2,1-2H3/b12-7+. The predicted octanol–water partition coefficient (Wildman–Crippen LogP) is 4.12. The summed E-state index contributed by atoms with van der Waals surface area (Å²) in [5.74, 6) is 0.471. The molecule has 2 aromatic carbocycles. The highest BCUT2D eigenvalue weighted by Crippen LogP contribution is 2.30. The van der Waals surface area contributed by atoms with Crippen LogP contribution in [0.2, 0.25) is 0 Å². The maximum Gasteiger partial charge on any atom is 0.200 e. The second-order valence-electron chi connectivity index (χ2n) is 5.74. The van der Waals surface area contributed by atoms with E-state index in [-0.39, 0.29) is 11.2 Å². The van der Waals surface area contributed by atoms with Crippen LogP contribution in [0.5, 0.6) is 11.5 Å². The highest BCUT2D eigenvalue weighted by Gasteiger charge is 2.13. The fourth-order valence-electron chi connectivity index (χ4n) is 2.72. The van der Waals surface area contributed by atoms with Crippen LogP contribution in [0.25, 0.3) is 21.8 Å². The molecule has 0 aliphatic carbocycles. The Kier molecular flexibility index (Phi) is 4.62. The maximum absolute atomic E-state index is 12.7. The van der Waals surface area contributed by atoms with Crippen molar-refractivity contribution in [3.8, 4) is 11.5 Å². The molecule has 5 heteroatoms. The van der Waals surface area contributed by atoms with Crippen LogP contribution in [0.4, 0.5) is 0 Å². The van der Waals surface area contributed by atoms with Crippen LogP contribution in [-0.2, 0) is 7.05 Å². The van der Waals surface area contributed by atoms with Gasteiger partial charge < -0.3 is 14.4 Å². The Hall–Kier alpha value is -2.27. The van der Waals surface area contributed by atoms with Crippen LogP contribution in [0.15, 0.2) is 52.8 Å². The summed E-state index contributed by atoms with van der Waals surface area (Å²) in [6.07, 6.45) is 1.97. The van der Waals surface area contributed by atoms with Gasteiger partial charge in [-0.25, -0.2) is 0 Å². The number of aromatic hydroxyl groups is 1. The number of nitrogens with zero attached hydrogens (tertiary/aromatic N) is 1. The number of ether oxygens (including phenoxy) is 1. The lowest BCUT2D eigenvalue weighted by Crippen LogP contribution is -2.09. The molecule has 0 amide bonds. The van der Waals surface area contributed by atoms with E-state index >= 15 is 0 Å². The summed E-state index contributed by atoms with van der Waals surface area (Å²) in [4.78, 5) is 12.7. The van der Waals surface area contributed by atoms with Gasteiger partial charge in [0.15, 0.2) is 0 Å². The SMILES string of the molecule is C/C(=C\COc1cc(O)c2c(=O)c3ccccc3n(C)c2c1)CBr. The van der Waals surface area contributed by atoms with Gasteiger partial charge in [-0.05, 0) is 25.1 Å². The molecule has 0 spiro atoms. The van der Waals surface area contributed by atoms with Gasteiger partial charge in [0.05, 0.1) is 16.4 Å². The van der Waals surface area contributed by atoms with Crippen LogP contribution in [0, 0.1) is 0 Å². The molecule has 4 nitrogen and oxygen atoms in total. The molecule has 0 atom stereocenters. The zero-order valence-electron chi connectivity index (χ0n) is 13.5. The molecule has 1 N–H and O–H groups in total. The van der Waals surface area contributed by atoms with Gasteiger partial charge in [-0.1, -0.05) is 33.6 Å². The molecule has 0 unspecified atom stereocenters. The van der Waals surface area contributed by atoms with Crippen LogP contribution in [-0.4, -0.2) is 21.6 Å². The van der Waals surface area contributed by atoms with Gasteiger partial charge in [0.25, 0.3) is 0 Å². The third kappa shape index (κ3) is 2.91. The number of phenolic OH excluding ortho intramolecular Hbond substituents is 1. The Labute approximate surface area is 148 Å². The molecule has 3 rings (SSSR count). The summed E-state index contributed by atoms with van der Waals surface area (Å²) in [5.41, 5.74) is 2.47. The summed E-state index contributed by atoms with van der Waals surface area (Å²) in [7, 11) is 1.88. The number of fused-ring (bicyclic) bond motifs is 2. The van der Waals surface area contributed by atoms with Crippen molar-refractivity contribution in [1.29, 1.82) is 0 Å². The monoisotopic (exact) mass is 387 g/mol. The van der Waals surface area contributed by atoms with Crippen molar-refractivity contribution in [2.24, 2.45) is 7.05 Å². The minimum absolute atomic E-state index is 0.0601. The summed E-state index contributed by atoms with van der Waals surface area (Å²) >= 11 is 3.38. The van der Waals surface area contributed by atoms with E-state index in [1.807, 2.05) is 42.8 Å². The number of para-hydroxylation sites is 1. The van der Waals surface area contributed by atoms with Gasteiger partial charge in [-0.15, -0.1) is 0 Å². The van der Waals surface area contributed by atoms with Crippen molar-refractivity contribution in [3.05, 3.63) is 58.3 Å². The second kappa shape index (κ2) is 6.69. The number of benzene rings is 2. The Morgan fingerprint density at radius 2 is 2.04 bits per heavy atom. The number of halogens is 1. The lowest BCUT2D eigenvalue weighted by molar-refractivity contribution is 0.359. The molecule has 0 fully saturated rings. The van der Waals surface area contributed by atoms with Gasteiger partial charge in [0.1, 0.15) is 18.1 Å². The van der Waals surface area contributed by atoms with Gasteiger partial charge in [-0.2, -0.15) is 0 Å². The smallest absolute Gasteiger partial charge is 0.200 e. The maximum atomic E-state index is 12.7. The number of allylic oxidation sites excluding steroid dienone is 1. The number of aryl methyl sites for hydroxylation is 1. The molecular formula is C19H18BrNO3. The first kappa shape index (κ1) is 16.6. The summed E-state index contributed by atoms with van der Waals surface area (Å²) in [6, 6.07) is 10.7. The molecule has 0 aliphatic rings. The van der Waals surface area contributed by atoms with Crippen LogP contribution in [0.1, 0.15) is 6.92 Å². The van der Waals surface area contributed by atoms with E-state index in [0.717, 1.165) is 10.8 Å². The Morgan fingerprint density at radius 1 is 1.29 bits per heavy atom. The normalized spacial score (nSPS) is 12.0. The Balaban J connectivity index is 2.15. The lowest BCUT2D eigenvalue weighted by atomic mass is 10.1. The molecular weight excluding hydrogens is 370 g/mol. The number of hydrogen-bond acceptors (Lipinski definition) is 3. The van der Waals surface area contributed by atoms with Crippen molar-refractivity contribution in [2.75, 3.05) is 11.9 Å². The topological polar surface area (TPSA) is 51.5 Å². The summed E-state index contributed by atoms with van der Waals surface area (Å²) in [5, 5.41) is 12.1. The van der Waals surface area contributed by atoms with Crippen molar-refractivity contribution in [1.82, 2.24) is 4.57 Å². The molecule has 124 valence electrons. The Bertz CT molecular complexity index is 1000. The molecule has 24 heavy (non-hydrogen) atoms. The van der Waals surface area contributed by atoms with E-state index in [1.165, 1.54) is 11.6 Å². The van der Waals surface area contributed by atoms with Crippen molar-refractivity contribution < 1.29 is 9.84 Å². The number of phenols is 1. The van der Waals surface area contributed by atoms with E-state index in [2.05, 4.69) is 15.9 Å². The highest BCUT2D eigenvalue weighted by atomic mass is 79.9. The van der Waals surface area contributed by atoms with Gasteiger partial charge in [0, 0.05) is 29.9 Å². The van der Waals surface area contributed by atoms with E-state index in [1.54, 1.807) is 12.1 Å². The third-order valence-electron chi connectivity index (χ3n) is 4.06. The van der Waals surface area contributed by atoms with E-state index < -0.39 is 0 Å². The van der Waals surface area contributed by atoms with E-state index in [4.69, 9.17) is 4.74 Å². The lowest BCUT2D eigenvalue weighted by Gasteiger charge is -2.13. The van der Waals surface area contributed by atoms with E-state index in [9.17, 15) is 9.90 Å².